The number of benzene rings is 1. The van der Waals surface area contributed by atoms with Crippen molar-refractivity contribution in [2.45, 2.75) is 13.0 Å². The van der Waals surface area contributed by atoms with Gasteiger partial charge >= 0.3 is 0 Å². The summed E-state index contributed by atoms with van der Waals surface area (Å²) < 4.78 is 0. The lowest BCUT2D eigenvalue weighted by molar-refractivity contribution is 0.233. The second-order valence-electron chi connectivity index (χ2n) is 8.40. The van der Waals surface area contributed by atoms with Gasteiger partial charge in [-0.1, -0.05) is 12.1 Å². The fourth-order valence-corrected chi connectivity index (χ4v) is 3.95. The van der Waals surface area contributed by atoms with E-state index in [1.165, 1.54) is 5.56 Å². The minimum absolute atomic E-state index is 0.583. The van der Waals surface area contributed by atoms with E-state index in [2.05, 4.69) is 73.1 Å². The van der Waals surface area contributed by atoms with Gasteiger partial charge < -0.3 is 20.9 Å². The van der Waals surface area contributed by atoms with E-state index in [0.29, 0.717) is 5.95 Å². The van der Waals surface area contributed by atoms with Gasteiger partial charge in [0.2, 0.25) is 5.95 Å². The predicted octanol–water partition coefficient (Wildman–Crippen LogP) is 2.73. The number of hydrogen-bond donors (Lipinski definition) is 3. The first kappa shape index (κ1) is 23.1. The van der Waals surface area contributed by atoms with Crippen LogP contribution in [0.25, 0.3) is 11.3 Å². The first-order chi connectivity index (χ1) is 16.2. The summed E-state index contributed by atoms with van der Waals surface area (Å²) in [6.45, 7) is 7.20. The number of nitrogens with zero attached hydrogens (tertiary/aromatic N) is 5. The molecule has 3 aromatic rings. The van der Waals surface area contributed by atoms with Crippen molar-refractivity contribution in [3.8, 4) is 11.3 Å². The summed E-state index contributed by atoms with van der Waals surface area (Å²) in [5, 5.41) is 9.94. The summed E-state index contributed by atoms with van der Waals surface area (Å²) in [5.74, 6) is 1.55. The van der Waals surface area contributed by atoms with Crippen LogP contribution in [0.4, 0.5) is 17.5 Å². The van der Waals surface area contributed by atoms with Crippen molar-refractivity contribution in [1.82, 2.24) is 30.5 Å². The van der Waals surface area contributed by atoms with Crippen LogP contribution in [0.2, 0.25) is 0 Å². The van der Waals surface area contributed by atoms with Crippen molar-refractivity contribution in [3.05, 3.63) is 60.4 Å². The Morgan fingerprint density at radius 1 is 1.09 bits per heavy atom. The van der Waals surface area contributed by atoms with E-state index in [-0.39, 0.29) is 0 Å². The zero-order valence-corrected chi connectivity index (χ0v) is 19.6. The van der Waals surface area contributed by atoms with Crippen LogP contribution in [-0.4, -0.2) is 73.2 Å². The highest BCUT2D eigenvalue weighted by molar-refractivity contribution is 5.62. The van der Waals surface area contributed by atoms with Crippen LogP contribution in [0, 0.1) is 0 Å². The van der Waals surface area contributed by atoms with Crippen molar-refractivity contribution in [2.75, 3.05) is 63.6 Å². The maximum atomic E-state index is 4.72. The van der Waals surface area contributed by atoms with Crippen LogP contribution >= 0.6 is 0 Å². The van der Waals surface area contributed by atoms with E-state index in [1.807, 2.05) is 25.4 Å². The molecule has 0 radical (unpaired) electrons. The smallest absolute Gasteiger partial charge is 0.227 e. The van der Waals surface area contributed by atoms with Gasteiger partial charge in [-0.25, -0.2) is 15.0 Å². The van der Waals surface area contributed by atoms with Gasteiger partial charge in [0.25, 0.3) is 0 Å². The fraction of sp³-hybridized carbons (Fsp3) is 0.400. The Morgan fingerprint density at radius 2 is 1.97 bits per heavy atom. The summed E-state index contributed by atoms with van der Waals surface area (Å²) in [7, 11) is 4.04. The third-order valence-electron chi connectivity index (χ3n) is 5.81. The number of pyridine rings is 1. The highest BCUT2D eigenvalue weighted by Gasteiger charge is 2.11. The van der Waals surface area contributed by atoms with E-state index in [4.69, 9.17) is 4.98 Å². The SMILES string of the molecule is CNCCCN(C)c1ccc(-c2ccnc(Nc3cccc(CN4CCNCC4)c3)n2)cn1. The van der Waals surface area contributed by atoms with Gasteiger partial charge in [0, 0.05) is 70.0 Å². The molecule has 1 aliphatic rings. The molecule has 0 bridgehead atoms. The van der Waals surface area contributed by atoms with Crippen molar-refractivity contribution in [2.24, 2.45) is 0 Å². The summed E-state index contributed by atoms with van der Waals surface area (Å²) in [6.07, 6.45) is 4.74. The summed E-state index contributed by atoms with van der Waals surface area (Å²) >= 11 is 0. The highest BCUT2D eigenvalue weighted by atomic mass is 15.2. The number of nitrogens with one attached hydrogen (secondary N) is 3. The van der Waals surface area contributed by atoms with Crippen LogP contribution in [0.1, 0.15) is 12.0 Å². The number of piperazine rings is 1. The molecule has 1 saturated heterocycles. The molecule has 8 nitrogen and oxygen atoms in total. The van der Waals surface area contributed by atoms with E-state index in [1.54, 1.807) is 6.20 Å². The Hall–Kier alpha value is -3.07. The summed E-state index contributed by atoms with van der Waals surface area (Å²) in [6, 6.07) is 14.5. The van der Waals surface area contributed by atoms with Gasteiger partial charge in [0.15, 0.2) is 0 Å². The van der Waals surface area contributed by atoms with Gasteiger partial charge in [0.05, 0.1) is 5.69 Å². The largest absolute Gasteiger partial charge is 0.360 e. The molecule has 0 atom stereocenters. The Morgan fingerprint density at radius 3 is 2.76 bits per heavy atom. The van der Waals surface area contributed by atoms with Crippen LogP contribution in [0.3, 0.4) is 0 Å². The lowest BCUT2D eigenvalue weighted by atomic mass is 10.1. The first-order valence-corrected chi connectivity index (χ1v) is 11.7. The maximum absolute atomic E-state index is 4.72. The van der Waals surface area contributed by atoms with Gasteiger partial charge in [-0.05, 0) is 55.9 Å². The lowest BCUT2D eigenvalue weighted by Crippen LogP contribution is -2.42. The Balaban J connectivity index is 1.40. The quantitative estimate of drug-likeness (QED) is 0.410. The number of anilines is 3. The number of aromatic nitrogens is 3. The first-order valence-electron chi connectivity index (χ1n) is 11.7. The minimum atomic E-state index is 0.583. The second kappa shape index (κ2) is 11.7. The maximum Gasteiger partial charge on any atom is 0.227 e. The topological polar surface area (TPSA) is 81.2 Å². The molecule has 0 amide bonds. The number of hydrogen-bond acceptors (Lipinski definition) is 8. The Bertz CT molecular complexity index is 1000. The van der Waals surface area contributed by atoms with Crippen molar-refractivity contribution < 1.29 is 0 Å². The molecular formula is C25H34N8. The van der Waals surface area contributed by atoms with E-state index in [0.717, 1.165) is 75.0 Å². The van der Waals surface area contributed by atoms with E-state index >= 15 is 0 Å². The fourth-order valence-electron chi connectivity index (χ4n) is 3.95. The molecule has 8 heteroatoms. The molecular weight excluding hydrogens is 412 g/mol. The van der Waals surface area contributed by atoms with Crippen LogP contribution in [0.5, 0.6) is 0 Å². The molecule has 0 spiro atoms. The monoisotopic (exact) mass is 446 g/mol. The predicted molar refractivity (Wildman–Crippen MR) is 135 cm³/mol. The Labute approximate surface area is 196 Å². The zero-order valence-electron chi connectivity index (χ0n) is 19.6. The summed E-state index contributed by atoms with van der Waals surface area (Å²) in [5.41, 5.74) is 4.11. The average molecular weight is 447 g/mol. The molecule has 1 aliphatic heterocycles. The molecule has 4 rings (SSSR count). The zero-order chi connectivity index (χ0) is 22.9. The molecule has 3 N–H and O–H groups in total. The van der Waals surface area contributed by atoms with Gasteiger partial charge in [-0.15, -0.1) is 0 Å². The second-order valence-corrected chi connectivity index (χ2v) is 8.40. The molecule has 174 valence electrons. The van der Waals surface area contributed by atoms with Gasteiger partial charge in [-0.2, -0.15) is 0 Å². The van der Waals surface area contributed by atoms with E-state index < -0.39 is 0 Å². The molecule has 2 aromatic heterocycles. The van der Waals surface area contributed by atoms with Crippen LogP contribution in [0.15, 0.2) is 54.9 Å². The molecule has 3 heterocycles. The third-order valence-corrected chi connectivity index (χ3v) is 5.81. The van der Waals surface area contributed by atoms with Crippen LogP contribution < -0.4 is 20.9 Å². The standard InChI is InChI=1S/C25H34N8/c1-26-10-4-14-32(2)24-8-7-21(18-29-24)23-9-11-28-25(31-23)30-22-6-3-5-20(17-22)19-33-15-12-27-13-16-33/h3,5-9,11,17-18,26-27H,4,10,12-16,19H2,1-2H3,(H,28,30,31). The minimum Gasteiger partial charge on any atom is -0.360 e. The van der Waals surface area contributed by atoms with Gasteiger partial charge in [-0.3, -0.25) is 4.90 Å². The van der Waals surface area contributed by atoms with Crippen LogP contribution in [-0.2, 0) is 6.54 Å². The molecule has 33 heavy (non-hydrogen) atoms. The third kappa shape index (κ3) is 6.71. The average Bonchev–Trinajstić information content (AvgIpc) is 2.85. The Kier molecular flexibility index (Phi) is 8.19. The van der Waals surface area contributed by atoms with E-state index in [9.17, 15) is 0 Å². The van der Waals surface area contributed by atoms with Crippen molar-refractivity contribution in [3.63, 3.8) is 0 Å². The van der Waals surface area contributed by atoms with Gasteiger partial charge in [0.1, 0.15) is 5.82 Å². The van der Waals surface area contributed by atoms with Crippen molar-refractivity contribution >= 4 is 17.5 Å². The molecule has 0 unspecified atom stereocenters. The highest BCUT2D eigenvalue weighted by Crippen LogP contribution is 2.21. The summed E-state index contributed by atoms with van der Waals surface area (Å²) in [4.78, 5) is 18.4. The number of rotatable bonds is 10. The normalized spacial score (nSPS) is 14.2. The molecule has 0 aliphatic carbocycles. The van der Waals surface area contributed by atoms with Crippen molar-refractivity contribution in [1.29, 1.82) is 0 Å². The molecule has 0 saturated carbocycles. The molecule has 1 aromatic carbocycles. The lowest BCUT2D eigenvalue weighted by Gasteiger charge is -2.27. The molecule has 1 fully saturated rings.